The van der Waals surface area contributed by atoms with Gasteiger partial charge in [-0.1, -0.05) is 6.92 Å². The van der Waals surface area contributed by atoms with Crippen LogP contribution in [0.25, 0.3) is 0 Å². The van der Waals surface area contributed by atoms with Crippen molar-refractivity contribution in [3.05, 3.63) is 16.1 Å². The molecule has 0 aliphatic carbocycles. The van der Waals surface area contributed by atoms with Gasteiger partial charge in [-0.25, -0.2) is 4.98 Å². The SMILES string of the molecule is CCc1nc(COC(=O)CCC2CCCO2)cs1. The van der Waals surface area contributed by atoms with E-state index in [1.807, 2.05) is 5.38 Å². The average molecular weight is 269 g/mol. The molecule has 1 aromatic rings. The van der Waals surface area contributed by atoms with E-state index >= 15 is 0 Å². The standard InChI is InChI=1S/C13H19NO3S/c1-2-12-14-10(9-18-12)8-17-13(15)6-5-11-4-3-7-16-11/h9,11H,2-8H2,1H3. The first-order valence-electron chi connectivity index (χ1n) is 6.48. The molecule has 0 bridgehead atoms. The number of hydrogen-bond donors (Lipinski definition) is 0. The maximum Gasteiger partial charge on any atom is 0.306 e. The molecule has 0 spiro atoms. The number of carbonyl (C=O) groups excluding carboxylic acids is 1. The van der Waals surface area contributed by atoms with Gasteiger partial charge < -0.3 is 9.47 Å². The molecule has 4 nitrogen and oxygen atoms in total. The van der Waals surface area contributed by atoms with Crippen LogP contribution in [0.5, 0.6) is 0 Å². The van der Waals surface area contributed by atoms with Crippen molar-refractivity contribution in [3.63, 3.8) is 0 Å². The highest BCUT2D eigenvalue weighted by Crippen LogP contribution is 2.17. The fourth-order valence-electron chi connectivity index (χ4n) is 1.96. The third kappa shape index (κ3) is 4.07. The van der Waals surface area contributed by atoms with Crippen LogP contribution in [0.4, 0.5) is 0 Å². The van der Waals surface area contributed by atoms with Gasteiger partial charge >= 0.3 is 5.97 Å². The summed E-state index contributed by atoms with van der Waals surface area (Å²) in [5.41, 5.74) is 0.849. The second kappa shape index (κ2) is 6.85. The predicted molar refractivity (Wildman–Crippen MR) is 69.5 cm³/mol. The maximum absolute atomic E-state index is 11.5. The van der Waals surface area contributed by atoms with Crippen molar-refractivity contribution in [2.24, 2.45) is 0 Å². The zero-order valence-corrected chi connectivity index (χ0v) is 11.5. The summed E-state index contributed by atoms with van der Waals surface area (Å²) in [6, 6.07) is 0. The summed E-state index contributed by atoms with van der Waals surface area (Å²) in [5.74, 6) is -0.156. The molecule has 1 fully saturated rings. The summed E-state index contributed by atoms with van der Waals surface area (Å²) >= 11 is 1.61. The molecule has 5 heteroatoms. The minimum absolute atomic E-state index is 0.156. The summed E-state index contributed by atoms with van der Waals surface area (Å²) in [5, 5.41) is 3.03. The number of nitrogens with zero attached hydrogens (tertiary/aromatic N) is 1. The molecular formula is C13H19NO3S. The number of ether oxygens (including phenoxy) is 2. The fourth-order valence-corrected chi connectivity index (χ4v) is 2.68. The fraction of sp³-hybridized carbons (Fsp3) is 0.692. The smallest absolute Gasteiger partial charge is 0.306 e. The van der Waals surface area contributed by atoms with Gasteiger partial charge in [0.2, 0.25) is 0 Å². The molecule has 18 heavy (non-hydrogen) atoms. The van der Waals surface area contributed by atoms with E-state index < -0.39 is 0 Å². The first kappa shape index (κ1) is 13.5. The van der Waals surface area contributed by atoms with Crippen molar-refractivity contribution in [2.75, 3.05) is 6.61 Å². The van der Waals surface area contributed by atoms with Crippen molar-refractivity contribution in [3.8, 4) is 0 Å². The molecule has 1 unspecified atom stereocenters. The van der Waals surface area contributed by atoms with Gasteiger partial charge in [-0.15, -0.1) is 11.3 Å². The number of rotatable bonds is 6. The van der Waals surface area contributed by atoms with Crippen molar-refractivity contribution in [1.82, 2.24) is 4.98 Å². The Balaban J connectivity index is 1.64. The van der Waals surface area contributed by atoms with Gasteiger partial charge in [0, 0.05) is 18.4 Å². The van der Waals surface area contributed by atoms with Crippen LogP contribution >= 0.6 is 11.3 Å². The second-order valence-electron chi connectivity index (χ2n) is 4.42. The molecule has 0 aromatic carbocycles. The number of aryl methyl sites for hydroxylation is 1. The normalized spacial score (nSPS) is 19.1. The molecule has 0 saturated carbocycles. The van der Waals surface area contributed by atoms with Crippen LogP contribution in [0.2, 0.25) is 0 Å². The minimum atomic E-state index is -0.156. The van der Waals surface area contributed by atoms with Crippen LogP contribution in [-0.2, 0) is 27.3 Å². The predicted octanol–water partition coefficient (Wildman–Crippen LogP) is 2.71. The van der Waals surface area contributed by atoms with Crippen molar-refractivity contribution in [2.45, 2.75) is 51.7 Å². The highest BCUT2D eigenvalue weighted by atomic mass is 32.1. The van der Waals surface area contributed by atoms with Gasteiger partial charge in [-0.3, -0.25) is 4.79 Å². The van der Waals surface area contributed by atoms with Gasteiger partial charge in [0.25, 0.3) is 0 Å². The monoisotopic (exact) mass is 269 g/mol. The molecule has 100 valence electrons. The van der Waals surface area contributed by atoms with Crippen LogP contribution in [0.1, 0.15) is 43.3 Å². The Morgan fingerprint density at radius 2 is 2.56 bits per heavy atom. The van der Waals surface area contributed by atoms with Gasteiger partial charge in [-0.2, -0.15) is 0 Å². The van der Waals surface area contributed by atoms with Crippen LogP contribution < -0.4 is 0 Å². The van der Waals surface area contributed by atoms with Crippen molar-refractivity contribution < 1.29 is 14.3 Å². The Bertz CT molecular complexity index is 385. The van der Waals surface area contributed by atoms with E-state index in [1.54, 1.807) is 11.3 Å². The van der Waals surface area contributed by atoms with E-state index in [1.165, 1.54) is 0 Å². The van der Waals surface area contributed by atoms with Crippen LogP contribution in [0.15, 0.2) is 5.38 Å². The van der Waals surface area contributed by atoms with E-state index in [9.17, 15) is 4.79 Å². The molecule has 2 heterocycles. The Hall–Kier alpha value is -0.940. The van der Waals surface area contributed by atoms with Crippen molar-refractivity contribution >= 4 is 17.3 Å². The lowest BCUT2D eigenvalue weighted by Crippen LogP contribution is -2.11. The molecular weight excluding hydrogens is 250 g/mol. The molecule has 1 aromatic heterocycles. The number of thiazole rings is 1. The van der Waals surface area contributed by atoms with Gasteiger partial charge in [0.1, 0.15) is 6.61 Å². The topological polar surface area (TPSA) is 48.4 Å². The lowest BCUT2D eigenvalue weighted by atomic mass is 10.1. The quantitative estimate of drug-likeness (QED) is 0.745. The van der Waals surface area contributed by atoms with Crippen LogP contribution in [0.3, 0.4) is 0 Å². The Morgan fingerprint density at radius 1 is 1.67 bits per heavy atom. The molecule has 1 saturated heterocycles. The Kier molecular flexibility index (Phi) is 5.13. The summed E-state index contributed by atoms with van der Waals surface area (Å²) in [6.07, 6.45) is 4.57. The van der Waals surface area contributed by atoms with Crippen LogP contribution in [0, 0.1) is 0 Å². The maximum atomic E-state index is 11.5. The van der Waals surface area contributed by atoms with Gasteiger partial charge in [0.05, 0.1) is 16.8 Å². The highest BCUT2D eigenvalue weighted by molar-refractivity contribution is 7.09. The number of esters is 1. The van der Waals surface area contributed by atoms with Gasteiger partial charge in [-0.05, 0) is 25.7 Å². The van der Waals surface area contributed by atoms with E-state index in [0.29, 0.717) is 13.0 Å². The first-order chi connectivity index (χ1) is 8.78. The van der Waals surface area contributed by atoms with E-state index in [2.05, 4.69) is 11.9 Å². The van der Waals surface area contributed by atoms with Gasteiger partial charge in [0.15, 0.2) is 0 Å². The van der Waals surface area contributed by atoms with Crippen LogP contribution in [-0.4, -0.2) is 23.7 Å². The number of hydrogen-bond acceptors (Lipinski definition) is 5. The molecule has 1 aliphatic rings. The van der Waals surface area contributed by atoms with E-state index in [0.717, 1.165) is 43.0 Å². The first-order valence-corrected chi connectivity index (χ1v) is 7.36. The molecule has 1 atom stereocenters. The minimum Gasteiger partial charge on any atom is -0.459 e. The Labute approximate surface area is 111 Å². The van der Waals surface area contributed by atoms with E-state index in [-0.39, 0.29) is 12.1 Å². The zero-order chi connectivity index (χ0) is 12.8. The summed E-state index contributed by atoms with van der Waals surface area (Å²) in [6.45, 7) is 3.19. The second-order valence-corrected chi connectivity index (χ2v) is 5.36. The molecule has 1 aliphatic heterocycles. The number of aromatic nitrogens is 1. The largest absolute Gasteiger partial charge is 0.459 e. The molecule has 2 rings (SSSR count). The van der Waals surface area contributed by atoms with Crippen molar-refractivity contribution in [1.29, 1.82) is 0 Å². The lowest BCUT2D eigenvalue weighted by Gasteiger charge is -2.08. The summed E-state index contributed by atoms with van der Waals surface area (Å²) < 4.78 is 10.7. The lowest BCUT2D eigenvalue weighted by molar-refractivity contribution is -0.145. The van der Waals surface area contributed by atoms with E-state index in [4.69, 9.17) is 9.47 Å². The molecule has 0 amide bonds. The third-order valence-corrected chi connectivity index (χ3v) is 4.02. The Morgan fingerprint density at radius 3 is 3.22 bits per heavy atom. The molecule has 0 radical (unpaired) electrons. The molecule has 0 N–H and O–H groups in total. The summed E-state index contributed by atoms with van der Waals surface area (Å²) in [7, 11) is 0. The zero-order valence-electron chi connectivity index (χ0n) is 10.7. The average Bonchev–Trinajstić information content (AvgIpc) is 3.04. The third-order valence-electron chi connectivity index (χ3n) is 2.98. The number of carbonyl (C=O) groups is 1. The summed E-state index contributed by atoms with van der Waals surface area (Å²) in [4.78, 5) is 15.9. The highest BCUT2D eigenvalue weighted by Gasteiger charge is 2.17.